The number of benzene rings is 1. The van der Waals surface area contributed by atoms with Crippen molar-refractivity contribution in [3.05, 3.63) is 46.8 Å². The van der Waals surface area contributed by atoms with Gasteiger partial charge in [-0.05, 0) is 35.9 Å². The molecule has 0 saturated carbocycles. The maximum atomic E-state index is 5.92. The molecular weight excluding hydrogens is 245 g/mol. The third-order valence-corrected chi connectivity index (χ3v) is 2.57. The van der Waals surface area contributed by atoms with Crippen LogP contribution in [-0.2, 0) is 0 Å². The van der Waals surface area contributed by atoms with Gasteiger partial charge in [0.15, 0.2) is 0 Å². The Kier molecular flexibility index (Phi) is 3.27. The summed E-state index contributed by atoms with van der Waals surface area (Å²) in [4.78, 5) is 9.84. The van der Waals surface area contributed by atoms with E-state index in [2.05, 4.69) is 9.97 Å². The van der Waals surface area contributed by atoms with Gasteiger partial charge in [0.05, 0.1) is 0 Å². The summed E-state index contributed by atoms with van der Waals surface area (Å²) in [7, 11) is 1.89. The Hall–Kier alpha value is -1.32. The number of hydrogen-bond donors (Lipinski definition) is 0. The van der Waals surface area contributed by atoms with Crippen molar-refractivity contribution in [1.29, 1.82) is 0 Å². The molecule has 3 nitrogen and oxygen atoms in total. The van der Waals surface area contributed by atoms with Crippen LogP contribution < -0.4 is 4.90 Å². The lowest BCUT2D eigenvalue weighted by Gasteiger charge is -2.18. The van der Waals surface area contributed by atoms with Gasteiger partial charge < -0.3 is 4.90 Å². The molecule has 0 N–H and O–H groups in total. The predicted octanol–water partition coefficient (Wildman–Crippen LogP) is 3.55. The molecule has 0 unspecified atom stereocenters. The van der Waals surface area contributed by atoms with Gasteiger partial charge in [-0.1, -0.05) is 17.7 Å². The van der Waals surface area contributed by atoms with Crippen molar-refractivity contribution in [2.75, 3.05) is 11.9 Å². The molecule has 0 fully saturated rings. The lowest BCUT2D eigenvalue weighted by molar-refractivity contribution is 1.08. The number of rotatable bonds is 2. The molecule has 1 aromatic heterocycles. The van der Waals surface area contributed by atoms with Crippen molar-refractivity contribution in [3.63, 3.8) is 0 Å². The van der Waals surface area contributed by atoms with Crippen LogP contribution in [0.5, 0.6) is 0 Å². The first-order valence-electron chi connectivity index (χ1n) is 4.64. The summed E-state index contributed by atoms with van der Waals surface area (Å²) in [5.74, 6) is 0.724. The van der Waals surface area contributed by atoms with E-state index in [0.717, 1.165) is 11.5 Å². The molecule has 2 aromatic rings. The molecule has 0 aliphatic heterocycles. The second-order valence-electron chi connectivity index (χ2n) is 3.22. The van der Waals surface area contributed by atoms with Crippen molar-refractivity contribution >= 4 is 34.7 Å². The first-order chi connectivity index (χ1) is 7.66. The topological polar surface area (TPSA) is 29.0 Å². The van der Waals surface area contributed by atoms with Crippen LogP contribution in [0, 0.1) is 0 Å². The van der Waals surface area contributed by atoms with E-state index in [-0.39, 0.29) is 5.28 Å². The van der Waals surface area contributed by atoms with Crippen LogP contribution in [0.15, 0.2) is 36.5 Å². The molecule has 0 saturated heterocycles. The Bertz CT molecular complexity index is 457. The van der Waals surface area contributed by atoms with Crippen LogP contribution in [0.2, 0.25) is 10.3 Å². The molecular formula is C11H9Cl2N3. The molecule has 1 aromatic carbocycles. The van der Waals surface area contributed by atoms with Gasteiger partial charge in [-0.25, -0.2) is 9.97 Å². The van der Waals surface area contributed by atoms with Gasteiger partial charge >= 0.3 is 0 Å². The van der Waals surface area contributed by atoms with E-state index in [1.54, 1.807) is 12.3 Å². The first-order valence-corrected chi connectivity index (χ1v) is 5.40. The maximum Gasteiger partial charge on any atom is 0.224 e. The number of aromatic nitrogens is 2. The Balaban J connectivity index is 2.35. The molecule has 0 amide bonds. The zero-order valence-corrected chi connectivity index (χ0v) is 10.1. The zero-order valence-electron chi connectivity index (χ0n) is 8.56. The lowest BCUT2D eigenvalue weighted by Crippen LogP contribution is -2.11. The van der Waals surface area contributed by atoms with Crippen LogP contribution >= 0.6 is 23.2 Å². The lowest BCUT2D eigenvalue weighted by atomic mass is 10.3. The number of anilines is 2. The van der Waals surface area contributed by atoms with Gasteiger partial charge in [0.2, 0.25) is 5.28 Å². The summed E-state index contributed by atoms with van der Waals surface area (Å²) in [6, 6.07) is 9.30. The number of hydrogen-bond acceptors (Lipinski definition) is 3. The highest BCUT2D eigenvalue weighted by Crippen LogP contribution is 2.24. The van der Waals surface area contributed by atoms with E-state index in [4.69, 9.17) is 23.2 Å². The maximum absolute atomic E-state index is 5.92. The molecule has 0 radical (unpaired) electrons. The third kappa shape index (κ3) is 2.43. The van der Waals surface area contributed by atoms with Crippen LogP contribution in [0.4, 0.5) is 11.5 Å². The van der Waals surface area contributed by atoms with Gasteiger partial charge in [0, 0.05) is 24.0 Å². The van der Waals surface area contributed by atoms with Crippen LogP contribution in [0.1, 0.15) is 0 Å². The molecule has 0 spiro atoms. The second-order valence-corrected chi connectivity index (χ2v) is 4.00. The smallest absolute Gasteiger partial charge is 0.224 e. The van der Waals surface area contributed by atoms with E-state index < -0.39 is 0 Å². The highest BCUT2D eigenvalue weighted by molar-refractivity contribution is 6.30. The minimum absolute atomic E-state index is 0.228. The average molecular weight is 254 g/mol. The third-order valence-electron chi connectivity index (χ3n) is 2.15. The largest absolute Gasteiger partial charge is 0.329 e. The van der Waals surface area contributed by atoms with Crippen molar-refractivity contribution in [3.8, 4) is 0 Å². The summed E-state index contributed by atoms with van der Waals surface area (Å²) in [5.41, 5.74) is 0.947. The Morgan fingerprint density at radius 3 is 2.69 bits per heavy atom. The summed E-state index contributed by atoms with van der Waals surface area (Å²) in [5, 5.41) is 0.913. The Morgan fingerprint density at radius 1 is 1.19 bits per heavy atom. The quantitative estimate of drug-likeness (QED) is 0.767. The van der Waals surface area contributed by atoms with Crippen LogP contribution in [0.25, 0.3) is 0 Å². The monoisotopic (exact) mass is 253 g/mol. The SMILES string of the molecule is CN(c1cccc(Cl)c1)c1ccnc(Cl)n1. The molecule has 0 aliphatic rings. The van der Waals surface area contributed by atoms with Gasteiger partial charge in [-0.2, -0.15) is 0 Å². The molecule has 0 atom stereocenters. The van der Waals surface area contributed by atoms with Crippen molar-refractivity contribution in [2.24, 2.45) is 0 Å². The zero-order chi connectivity index (χ0) is 11.5. The molecule has 16 heavy (non-hydrogen) atoms. The van der Waals surface area contributed by atoms with Crippen molar-refractivity contribution in [1.82, 2.24) is 9.97 Å². The van der Waals surface area contributed by atoms with Crippen molar-refractivity contribution in [2.45, 2.75) is 0 Å². The summed E-state index contributed by atoms with van der Waals surface area (Å²) >= 11 is 11.7. The molecule has 5 heteroatoms. The van der Waals surface area contributed by atoms with Gasteiger partial charge in [-0.15, -0.1) is 0 Å². The van der Waals surface area contributed by atoms with E-state index in [0.29, 0.717) is 5.02 Å². The van der Waals surface area contributed by atoms with Gasteiger partial charge in [0.25, 0.3) is 0 Å². The fraction of sp³-hybridized carbons (Fsp3) is 0.0909. The summed E-state index contributed by atoms with van der Waals surface area (Å²) < 4.78 is 0. The normalized spacial score (nSPS) is 10.2. The molecule has 0 bridgehead atoms. The van der Waals surface area contributed by atoms with E-state index in [9.17, 15) is 0 Å². The predicted molar refractivity (Wildman–Crippen MR) is 66.6 cm³/mol. The standard InChI is InChI=1S/C11H9Cl2N3/c1-16(9-4-2-3-8(12)7-9)10-5-6-14-11(13)15-10/h2-7H,1H3. The molecule has 1 heterocycles. The highest BCUT2D eigenvalue weighted by atomic mass is 35.5. The summed E-state index contributed by atoms with van der Waals surface area (Å²) in [6.07, 6.45) is 1.62. The average Bonchev–Trinajstić information content (AvgIpc) is 2.28. The van der Waals surface area contributed by atoms with Crippen molar-refractivity contribution < 1.29 is 0 Å². The summed E-state index contributed by atoms with van der Waals surface area (Å²) in [6.45, 7) is 0. The molecule has 0 aliphatic carbocycles. The van der Waals surface area contributed by atoms with Gasteiger partial charge in [-0.3, -0.25) is 0 Å². The minimum Gasteiger partial charge on any atom is -0.329 e. The fourth-order valence-electron chi connectivity index (χ4n) is 1.33. The fourth-order valence-corrected chi connectivity index (χ4v) is 1.66. The van der Waals surface area contributed by atoms with Crippen LogP contribution in [0.3, 0.4) is 0 Å². The second kappa shape index (κ2) is 4.68. The van der Waals surface area contributed by atoms with E-state index in [1.807, 2.05) is 36.2 Å². The van der Waals surface area contributed by atoms with Gasteiger partial charge in [0.1, 0.15) is 5.82 Å². The Morgan fingerprint density at radius 2 is 2.00 bits per heavy atom. The highest BCUT2D eigenvalue weighted by Gasteiger charge is 2.06. The number of nitrogens with zero attached hydrogens (tertiary/aromatic N) is 3. The van der Waals surface area contributed by atoms with Crippen LogP contribution in [-0.4, -0.2) is 17.0 Å². The van der Waals surface area contributed by atoms with E-state index in [1.165, 1.54) is 0 Å². The van der Waals surface area contributed by atoms with E-state index >= 15 is 0 Å². The first kappa shape index (κ1) is 11.2. The number of halogens is 2. The molecule has 82 valence electrons. The Labute approximate surface area is 104 Å². The minimum atomic E-state index is 0.228. The molecule has 2 rings (SSSR count).